The summed E-state index contributed by atoms with van der Waals surface area (Å²) in [6.45, 7) is 5.44. The van der Waals surface area contributed by atoms with E-state index in [1.165, 1.54) is 19.8 Å². The summed E-state index contributed by atoms with van der Waals surface area (Å²) in [4.78, 5) is 0. The zero-order valence-corrected chi connectivity index (χ0v) is 5.70. The minimum Gasteiger partial charge on any atom is -0.105 e. The van der Waals surface area contributed by atoms with Crippen molar-refractivity contribution in [1.82, 2.24) is 0 Å². The van der Waals surface area contributed by atoms with Crippen molar-refractivity contribution >= 4 is 21.6 Å². The Morgan fingerprint density at radius 1 is 1.71 bits per heavy atom. The Hall–Kier alpha value is 0.195. The second-order valence-corrected chi connectivity index (χ2v) is 2.30. The summed E-state index contributed by atoms with van der Waals surface area (Å²) >= 11 is 0. The molecular weight excluding hydrogens is 80.5 g/mol. The molecule has 0 rings (SSSR count). The van der Waals surface area contributed by atoms with Gasteiger partial charge in [0, 0.05) is 0 Å². The third kappa shape index (κ3) is 4.04. The maximum Gasteiger partial charge on any atom is 0.109 e. The van der Waals surface area contributed by atoms with Gasteiger partial charge in [0.25, 0.3) is 0 Å². The van der Waals surface area contributed by atoms with E-state index in [0.717, 1.165) is 6.60 Å². The van der Waals surface area contributed by atoms with Gasteiger partial charge < -0.3 is 0 Å². The van der Waals surface area contributed by atoms with Crippen molar-refractivity contribution in [1.29, 1.82) is 0 Å². The van der Waals surface area contributed by atoms with Crippen molar-refractivity contribution in [3.63, 3.8) is 0 Å². The Labute approximate surface area is 48.8 Å². The molecule has 0 atom stereocenters. The van der Waals surface area contributed by atoms with E-state index in [-0.39, 0.29) is 0 Å². The molecule has 0 fully saturated rings. The molecule has 38 valence electrons. The van der Waals surface area contributed by atoms with Crippen LogP contribution in [0, 0.1) is 0 Å². The van der Waals surface area contributed by atoms with Gasteiger partial charge in [0.15, 0.2) is 0 Å². The number of rotatable bonds is 3. The van der Waals surface area contributed by atoms with Crippen molar-refractivity contribution in [2.45, 2.75) is 26.3 Å². The first kappa shape index (κ1) is 7.19. The topological polar surface area (TPSA) is 0 Å². The van der Waals surface area contributed by atoms with Gasteiger partial charge in [-0.2, -0.15) is 0 Å². The smallest absolute Gasteiger partial charge is 0.105 e. The molecule has 0 saturated heterocycles. The van der Waals surface area contributed by atoms with E-state index in [1.807, 2.05) is 0 Å². The summed E-state index contributed by atoms with van der Waals surface area (Å²) in [5.41, 5.74) is 0. The molecular formula is C4H13B3. The Balaban J connectivity index is 2.83. The number of hydrogen-bond donors (Lipinski definition) is 0. The van der Waals surface area contributed by atoms with Crippen LogP contribution in [0.5, 0.6) is 0 Å². The van der Waals surface area contributed by atoms with E-state index in [4.69, 9.17) is 0 Å². The molecule has 0 aromatic carbocycles. The molecule has 0 nitrogen and oxygen atoms in total. The highest BCUT2D eigenvalue weighted by molar-refractivity contribution is 7.06. The minimum atomic E-state index is 0.949. The molecule has 0 unspecified atom stereocenters. The van der Waals surface area contributed by atoms with Gasteiger partial charge in [0.1, 0.15) is 7.28 Å². The molecule has 7 heavy (non-hydrogen) atoms. The van der Waals surface area contributed by atoms with E-state index in [9.17, 15) is 0 Å². The van der Waals surface area contributed by atoms with Crippen LogP contribution in [0.1, 0.15) is 6.92 Å². The van der Waals surface area contributed by atoms with Gasteiger partial charge in [-0.3, -0.25) is 0 Å². The van der Waals surface area contributed by atoms with E-state index in [1.54, 1.807) is 0 Å². The molecule has 0 aliphatic carbocycles. The Morgan fingerprint density at radius 3 is 2.43 bits per heavy atom. The van der Waals surface area contributed by atoms with Crippen LogP contribution in [0.4, 0.5) is 0 Å². The van der Waals surface area contributed by atoms with Gasteiger partial charge >= 0.3 is 0 Å². The first-order valence-electron chi connectivity index (χ1n) is 3.31. The highest BCUT2D eigenvalue weighted by Gasteiger charge is 1.98. The van der Waals surface area contributed by atoms with E-state index >= 15 is 0 Å². The maximum atomic E-state index is 2.31. The molecule has 0 bridgehead atoms. The number of hydrogen-bond acceptors (Lipinski definition) is 0. The molecule has 0 aromatic heterocycles. The van der Waals surface area contributed by atoms with Crippen LogP contribution in [-0.2, 0) is 0 Å². The Kier molecular flexibility index (Phi) is 4.48. The summed E-state index contributed by atoms with van der Waals surface area (Å²) in [5.74, 6) is 0. The molecule has 0 aliphatic heterocycles. The van der Waals surface area contributed by atoms with Crippen LogP contribution in [-0.4, -0.2) is 21.6 Å². The lowest BCUT2D eigenvalue weighted by Crippen LogP contribution is -2.12. The Bertz CT molecular complexity index is 37.9. The predicted octanol–water partition coefficient (Wildman–Crippen LogP) is 0.0730. The second-order valence-electron chi connectivity index (χ2n) is 2.30. The fourth-order valence-corrected chi connectivity index (χ4v) is 0.697. The molecule has 0 amide bonds. The fraction of sp³-hybridized carbons (Fsp3) is 1.00. The maximum absolute atomic E-state index is 2.31. The van der Waals surface area contributed by atoms with Gasteiger partial charge in [-0.1, -0.05) is 20.1 Å². The SMILES string of the molecule is BB(CC)CBC. The molecule has 3 heteroatoms. The lowest BCUT2D eigenvalue weighted by molar-refractivity contribution is 1.43. The van der Waals surface area contributed by atoms with Crippen LogP contribution < -0.4 is 0 Å². The average Bonchev–Trinajstić information content (AvgIpc) is 1.68. The van der Waals surface area contributed by atoms with Gasteiger partial charge in [0.2, 0.25) is 0 Å². The first-order valence-corrected chi connectivity index (χ1v) is 3.31. The van der Waals surface area contributed by atoms with Crippen molar-refractivity contribution in [2.24, 2.45) is 0 Å². The highest BCUT2D eigenvalue weighted by Crippen LogP contribution is 1.89. The summed E-state index contributed by atoms with van der Waals surface area (Å²) in [5, 5.41) is 0. The second kappa shape index (κ2) is 4.36. The van der Waals surface area contributed by atoms with E-state index in [0.29, 0.717) is 0 Å². The largest absolute Gasteiger partial charge is 0.109 e. The normalized spacial score (nSPS) is 8.29. The van der Waals surface area contributed by atoms with Crippen molar-refractivity contribution in [3.05, 3.63) is 0 Å². The zero-order chi connectivity index (χ0) is 5.70. The van der Waals surface area contributed by atoms with E-state index in [2.05, 4.69) is 21.5 Å². The quantitative estimate of drug-likeness (QED) is 0.434. The monoisotopic (exact) mass is 94.1 g/mol. The summed E-state index contributed by atoms with van der Waals surface area (Å²) < 4.78 is 0. The average molecular weight is 93.6 g/mol. The Morgan fingerprint density at radius 2 is 2.29 bits per heavy atom. The van der Waals surface area contributed by atoms with Crippen LogP contribution in [0.2, 0.25) is 19.4 Å². The van der Waals surface area contributed by atoms with Crippen molar-refractivity contribution in [2.75, 3.05) is 0 Å². The lowest BCUT2D eigenvalue weighted by Gasteiger charge is -1.96. The highest BCUT2D eigenvalue weighted by atomic mass is 13.5. The predicted molar refractivity (Wildman–Crippen MR) is 42.6 cm³/mol. The molecule has 0 spiro atoms. The van der Waals surface area contributed by atoms with Crippen molar-refractivity contribution in [3.8, 4) is 0 Å². The summed E-state index contributed by atoms with van der Waals surface area (Å²) in [7, 11) is 3.65. The third-order valence-corrected chi connectivity index (χ3v) is 1.48. The van der Waals surface area contributed by atoms with Crippen LogP contribution >= 0.6 is 0 Å². The van der Waals surface area contributed by atoms with Gasteiger partial charge in [-0.05, 0) is 0 Å². The van der Waals surface area contributed by atoms with Crippen molar-refractivity contribution < 1.29 is 0 Å². The van der Waals surface area contributed by atoms with Gasteiger partial charge in [-0.25, -0.2) is 0 Å². The third-order valence-electron chi connectivity index (χ3n) is 1.48. The molecule has 0 aromatic rings. The van der Waals surface area contributed by atoms with Gasteiger partial charge in [0.05, 0.1) is 14.3 Å². The van der Waals surface area contributed by atoms with E-state index < -0.39 is 0 Å². The van der Waals surface area contributed by atoms with Crippen LogP contribution in [0.25, 0.3) is 0 Å². The fourth-order valence-electron chi connectivity index (χ4n) is 0.697. The van der Waals surface area contributed by atoms with Crippen LogP contribution in [0.15, 0.2) is 0 Å². The molecule has 0 saturated carbocycles. The lowest BCUT2D eigenvalue weighted by atomic mass is 9.24. The van der Waals surface area contributed by atoms with Crippen LogP contribution in [0.3, 0.4) is 0 Å². The van der Waals surface area contributed by atoms with Gasteiger partial charge in [-0.15, -0.1) is 6.22 Å². The zero-order valence-electron chi connectivity index (χ0n) is 5.70. The first-order chi connectivity index (χ1) is 3.31. The summed E-state index contributed by atoms with van der Waals surface area (Å²) in [6.07, 6.45) is 2.74. The molecule has 0 N–H and O–H groups in total. The standard InChI is InChI=1S/C4H13B3/c1-3-7(5)4-6-2/h6H,3-5H2,1-2H3. The summed E-state index contributed by atoms with van der Waals surface area (Å²) in [6, 6.07) is 0. The minimum absolute atomic E-state index is 0.949. The molecule has 0 radical (unpaired) electrons. The molecule has 0 heterocycles. The molecule has 0 aliphatic rings.